The molecule has 1 aliphatic carbocycles. The lowest BCUT2D eigenvalue weighted by molar-refractivity contribution is 0.687. The molecule has 0 amide bonds. The fraction of sp³-hybridized carbons (Fsp3) is 0.286. The third-order valence-corrected chi connectivity index (χ3v) is 3.89. The number of fused-ring (bicyclic) bond motifs is 4. The predicted molar refractivity (Wildman–Crippen MR) is 69.5 cm³/mol. The number of nitrogens with one attached hydrogen (secondary N) is 2. The maximum atomic E-state index is 7.75. The summed E-state index contributed by atoms with van der Waals surface area (Å²) in [5.74, 6) is 0. The van der Waals surface area contributed by atoms with E-state index in [0.29, 0.717) is 5.62 Å². The third kappa shape index (κ3) is 1.26. The van der Waals surface area contributed by atoms with Crippen LogP contribution in [0.25, 0.3) is 16.4 Å². The second-order valence-electron chi connectivity index (χ2n) is 5.00. The molecule has 1 aliphatic rings. The minimum absolute atomic E-state index is 0.324. The summed E-state index contributed by atoms with van der Waals surface area (Å²) >= 11 is 0. The Balaban J connectivity index is 2.15. The van der Waals surface area contributed by atoms with Crippen molar-refractivity contribution >= 4 is 16.4 Å². The van der Waals surface area contributed by atoms with Crippen LogP contribution in [0, 0.1) is 5.41 Å². The van der Waals surface area contributed by atoms with Crippen LogP contribution in [0.15, 0.2) is 24.4 Å². The number of benzene rings is 1. The van der Waals surface area contributed by atoms with E-state index in [0.717, 1.165) is 11.0 Å². The average Bonchev–Trinajstić information content (AvgIpc) is 2.78. The lowest BCUT2D eigenvalue weighted by atomic mass is 9.90. The summed E-state index contributed by atoms with van der Waals surface area (Å²) in [5, 5.41) is 17.1. The summed E-state index contributed by atoms with van der Waals surface area (Å²) in [6, 6.07) is 6.63. The molecule has 18 heavy (non-hydrogen) atoms. The number of pyridine rings is 1. The van der Waals surface area contributed by atoms with Crippen molar-refractivity contribution in [1.82, 2.24) is 14.6 Å². The molecule has 1 aromatic carbocycles. The SMILES string of the molecule is N=c1[nH]nc2c3cc4c(cc3ccn12)CCCC4. The van der Waals surface area contributed by atoms with Crippen molar-refractivity contribution in [3.8, 4) is 0 Å². The smallest absolute Gasteiger partial charge is 0.222 e. The van der Waals surface area contributed by atoms with E-state index in [4.69, 9.17) is 5.41 Å². The minimum Gasteiger partial charge on any atom is -0.269 e. The molecule has 0 spiro atoms. The van der Waals surface area contributed by atoms with Crippen molar-refractivity contribution in [2.75, 3.05) is 0 Å². The molecular formula is C14H14N4. The Morgan fingerprint density at radius 3 is 2.78 bits per heavy atom. The molecule has 4 nitrogen and oxygen atoms in total. The Labute approximate surface area is 104 Å². The molecule has 0 fully saturated rings. The standard InChI is InChI=1S/C14H14N4/c15-14-17-16-13-12-8-10-4-2-1-3-9(10)7-11(12)5-6-18(13)14/h5-8H,1-4H2,(H2,15,17). The van der Waals surface area contributed by atoms with Crippen molar-refractivity contribution in [2.24, 2.45) is 0 Å². The maximum absolute atomic E-state index is 7.75. The Kier molecular flexibility index (Phi) is 1.89. The summed E-state index contributed by atoms with van der Waals surface area (Å²) in [6.07, 6.45) is 6.87. The Hall–Kier alpha value is -2.10. The first-order valence-electron chi connectivity index (χ1n) is 6.39. The molecule has 0 bridgehead atoms. The number of H-pyrrole nitrogens is 1. The lowest BCUT2D eigenvalue weighted by Crippen LogP contribution is -2.09. The van der Waals surface area contributed by atoms with Gasteiger partial charge in [-0.05, 0) is 54.3 Å². The van der Waals surface area contributed by atoms with Crippen LogP contribution in [-0.2, 0) is 12.8 Å². The molecule has 4 heteroatoms. The van der Waals surface area contributed by atoms with E-state index in [2.05, 4.69) is 28.4 Å². The number of hydrogen-bond acceptors (Lipinski definition) is 2. The fourth-order valence-corrected chi connectivity index (χ4v) is 2.95. The van der Waals surface area contributed by atoms with Crippen LogP contribution in [0.4, 0.5) is 0 Å². The van der Waals surface area contributed by atoms with Crippen molar-refractivity contribution in [1.29, 1.82) is 5.41 Å². The molecule has 90 valence electrons. The Morgan fingerprint density at radius 1 is 1.17 bits per heavy atom. The summed E-state index contributed by atoms with van der Waals surface area (Å²) in [6.45, 7) is 0. The van der Waals surface area contributed by atoms with Gasteiger partial charge >= 0.3 is 0 Å². The quantitative estimate of drug-likeness (QED) is 0.619. The zero-order chi connectivity index (χ0) is 12.1. The number of rotatable bonds is 0. The second-order valence-corrected chi connectivity index (χ2v) is 5.00. The molecule has 2 heterocycles. The monoisotopic (exact) mass is 238 g/mol. The molecule has 3 aromatic rings. The number of aryl methyl sites for hydroxylation is 2. The molecule has 0 unspecified atom stereocenters. The molecule has 2 aromatic heterocycles. The largest absolute Gasteiger partial charge is 0.269 e. The highest BCUT2D eigenvalue weighted by Gasteiger charge is 2.12. The van der Waals surface area contributed by atoms with E-state index in [1.54, 1.807) is 4.40 Å². The van der Waals surface area contributed by atoms with Crippen molar-refractivity contribution in [3.63, 3.8) is 0 Å². The van der Waals surface area contributed by atoms with Gasteiger partial charge in [-0.1, -0.05) is 6.07 Å². The molecule has 2 N–H and O–H groups in total. The minimum atomic E-state index is 0.324. The van der Waals surface area contributed by atoms with Crippen molar-refractivity contribution in [2.45, 2.75) is 25.7 Å². The topological polar surface area (TPSA) is 56.9 Å². The highest BCUT2D eigenvalue weighted by atomic mass is 15.2. The van der Waals surface area contributed by atoms with Gasteiger partial charge in [0.15, 0.2) is 5.65 Å². The normalized spacial score (nSPS) is 15.1. The first-order valence-corrected chi connectivity index (χ1v) is 6.39. The van der Waals surface area contributed by atoms with E-state index >= 15 is 0 Å². The van der Waals surface area contributed by atoms with Crippen LogP contribution in [0.5, 0.6) is 0 Å². The molecule has 0 atom stereocenters. The van der Waals surface area contributed by atoms with Crippen molar-refractivity contribution in [3.05, 3.63) is 41.1 Å². The maximum Gasteiger partial charge on any atom is 0.222 e. The summed E-state index contributed by atoms with van der Waals surface area (Å²) in [4.78, 5) is 0. The Morgan fingerprint density at radius 2 is 1.94 bits per heavy atom. The van der Waals surface area contributed by atoms with Gasteiger partial charge in [-0.3, -0.25) is 9.81 Å². The first kappa shape index (κ1) is 9.88. The van der Waals surface area contributed by atoms with E-state index in [-0.39, 0.29) is 0 Å². The summed E-state index contributed by atoms with van der Waals surface area (Å²) in [5.41, 5.74) is 4.12. The molecule has 0 saturated heterocycles. The van der Waals surface area contributed by atoms with Crippen LogP contribution in [0.3, 0.4) is 0 Å². The highest BCUT2D eigenvalue weighted by Crippen LogP contribution is 2.27. The molecular weight excluding hydrogens is 224 g/mol. The van der Waals surface area contributed by atoms with Gasteiger partial charge in [-0.15, -0.1) is 0 Å². The Bertz CT molecular complexity index is 810. The van der Waals surface area contributed by atoms with Crippen molar-refractivity contribution < 1.29 is 0 Å². The molecule has 0 radical (unpaired) electrons. The zero-order valence-corrected chi connectivity index (χ0v) is 10.0. The van der Waals surface area contributed by atoms with E-state index < -0.39 is 0 Å². The van der Waals surface area contributed by atoms with E-state index in [9.17, 15) is 0 Å². The van der Waals surface area contributed by atoms with Gasteiger partial charge in [0, 0.05) is 11.6 Å². The molecule has 0 aliphatic heterocycles. The number of nitrogens with zero attached hydrogens (tertiary/aromatic N) is 2. The predicted octanol–water partition coefficient (Wildman–Crippen LogP) is 2.17. The van der Waals surface area contributed by atoms with Crippen LogP contribution in [0.1, 0.15) is 24.0 Å². The second kappa shape index (κ2) is 3.45. The van der Waals surface area contributed by atoms with Gasteiger partial charge in [-0.25, -0.2) is 5.10 Å². The third-order valence-electron chi connectivity index (χ3n) is 3.89. The van der Waals surface area contributed by atoms with Crippen LogP contribution in [0.2, 0.25) is 0 Å². The van der Waals surface area contributed by atoms with Crippen LogP contribution in [-0.4, -0.2) is 14.6 Å². The van der Waals surface area contributed by atoms with E-state index in [1.807, 2.05) is 6.20 Å². The van der Waals surface area contributed by atoms with Gasteiger partial charge in [0.2, 0.25) is 5.62 Å². The van der Waals surface area contributed by atoms with E-state index in [1.165, 1.54) is 42.2 Å². The van der Waals surface area contributed by atoms with Gasteiger partial charge in [0.25, 0.3) is 0 Å². The van der Waals surface area contributed by atoms with Gasteiger partial charge in [0.1, 0.15) is 0 Å². The van der Waals surface area contributed by atoms with Gasteiger partial charge in [-0.2, -0.15) is 5.10 Å². The highest BCUT2D eigenvalue weighted by molar-refractivity contribution is 5.94. The van der Waals surface area contributed by atoms with Gasteiger partial charge in [0.05, 0.1) is 0 Å². The van der Waals surface area contributed by atoms with Gasteiger partial charge < -0.3 is 0 Å². The molecule has 0 saturated carbocycles. The summed E-state index contributed by atoms with van der Waals surface area (Å²) in [7, 11) is 0. The van der Waals surface area contributed by atoms with Crippen LogP contribution < -0.4 is 5.62 Å². The number of aromatic nitrogens is 3. The van der Waals surface area contributed by atoms with Crippen LogP contribution >= 0.6 is 0 Å². The number of hydrogen-bond donors (Lipinski definition) is 2. The fourth-order valence-electron chi connectivity index (χ4n) is 2.95. The first-order chi connectivity index (χ1) is 8.83. The average molecular weight is 238 g/mol. The number of aromatic amines is 1. The molecule has 4 rings (SSSR count). The zero-order valence-electron chi connectivity index (χ0n) is 10.0. The lowest BCUT2D eigenvalue weighted by Gasteiger charge is -2.16. The summed E-state index contributed by atoms with van der Waals surface area (Å²) < 4.78 is 1.79.